The highest BCUT2D eigenvalue weighted by Crippen LogP contribution is 2.37. The molecule has 2 unspecified atom stereocenters. The Kier molecular flexibility index (Phi) is 3.33. The molecular weight excluding hydrogens is 234 g/mol. The summed E-state index contributed by atoms with van der Waals surface area (Å²) >= 11 is 0. The first-order valence-corrected chi connectivity index (χ1v) is 7.22. The number of H-pyrrole nitrogens is 1. The number of para-hydroxylation sites is 1. The van der Waals surface area contributed by atoms with Crippen molar-refractivity contribution < 1.29 is 0 Å². The number of benzene rings is 1. The highest BCUT2D eigenvalue weighted by Gasteiger charge is 2.31. The summed E-state index contributed by atoms with van der Waals surface area (Å²) < 4.78 is 0. The van der Waals surface area contributed by atoms with Gasteiger partial charge in [-0.25, -0.2) is 0 Å². The number of likely N-dealkylation sites (tertiary alicyclic amines) is 1. The van der Waals surface area contributed by atoms with Gasteiger partial charge in [-0.05, 0) is 31.9 Å². The number of aryl methyl sites for hydroxylation is 1. The lowest BCUT2D eigenvalue weighted by Crippen LogP contribution is -2.32. The van der Waals surface area contributed by atoms with Crippen molar-refractivity contribution >= 4 is 10.9 Å². The van der Waals surface area contributed by atoms with Crippen LogP contribution in [-0.4, -0.2) is 35.6 Å². The van der Waals surface area contributed by atoms with Gasteiger partial charge in [-0.15, -0.1) is 0 Å². The Morgan fingerprint density at radius 1 is 1.37 bits per heavy atom. The van der Waals surface area contributed by atoms with Crippen LogP contribution in [0.3, 0.4) is 0 Å². The Morgan fingerprint density at radius 2 is 2.16 bits per heavy atom. The number of nitrogens with zero attached hydrogens (tertiary/aromatic N) is 1. The molecule has 0 radical (unpaired) electrons. The van der Waals surface area contributed by atoms with E-state index in [1.165, 1.54) is 28.6 Å². The zero-order chi connectivity index (χ0) is 13.4. The molecule has 1 aliphatic heterocycles. The highest BCUT2D eigenvalue weighted by atomic mass is 15.2. The summed E-state index contributed by atoms with van der Waals surface area (Å²) in [6, 6.07) is 9.28. The summed E-state index contributed by atoms with van der Waals surface area (Å²) in [7, 11) is 0. The first kappa shape index (κ1) is 12.7. The van der Waals surface area contributed by atoms with E-state index in [-0.39, 0.29) is 0 Å². The summed E-state index contributed by atoms with van der Waals surface area (Å²) in [6.07, 6.45) is 1.24. The Bertz CT molecular complexity index is 572. The van der Waals surface area contributed by atoms with Crippen LogP contribution >= 0.6 is 0 Å². The van der Waals surface area contributed by atoms with Crippen molar-refractivity contribution in [1.29, 1.82) is 0 Å². The molecule has 0 saturated carbocycles. The van der Waals surface area contributed by atoms with Crippen LogP contribution in [0.2, 0.25) is 0 Å². The Hall–Kier alpha value is -1.32. The maximum absolute atomic E-state index is 5.71. The summed E-state index contributed by atoms with van der Waals surface area (Å²) in [6.45, 7) is 7.43. The normalized spacial score (nSPS) is 24.4. The Morgan fingerprint density at radius 3 is 2.95 bits per heavy atom. The number of nitrogens with two attached hydrogens (primary N) is 1. The Balaban J connectivity index is 1.95. The van der Waals surface area contributed by atoms with E-state index in [0.29, 0.717) is 12.0 Å². The topological polar surface area (TPSA) is 45.0 Å². The van der Waals surface area contributed by atoms with Crippen LogP contribution in [0.5, 0.6) is 0 Å². The van der Waals surface area contributed by atoms with E-state index in [1.54, 1.807) is 0 Å². The number of aromatic amines is 1. The maximum Gasteiger partial charge on any atom is 0.0458 e. The molecule has 102 valence electrons. The molecule has 3 nitrogen and oxygen atoms in total. The molecule has 2 heterocycles. The number of hydrogen-bond acceptors (Lipinski definition) is 2. The third kappa shape index (κ3) is 2.17. The van der Waals surface area contributed by atoms with Gasteiger partial charge in [0.25, 0.3) is 0 Å². The molecule has 19 heavy (non-hydrogen) atoms. The minimum atomic E-state index is 0.637. The molecule has 1 aromatic carbocycles. The molecule has 2 atom stereocenters. The number of fused-ring (bicyclic) bond motifs is 1. The van der Waals surface area contributed by atoms with E-state index >= 15 is 0 Å². The molecule has 3 heteroatoms. The smallest absolute Gasteiger partial charge is 0.0458 e. The molecule has 2 aromatic rings. The molecule has 3 N–H and O–H groups in total. The van der Waals surface area contributed by atoms with Crippen molar-refractivity contribution in [3.05, 3.63) is 35.5 Å². The fourth-order valence-electron chi connectivity index (χ4n) is 3.61. The molecular formula is C16H23N3. The van der Waals surface area contributed by atoms with E-state index < -0.39 is 0 Å². The maximum atomic E-state index is 5.71. The van der Waals surface area contributed by atoms with Gasteiger partial charge in [-0.2, -0.15) is 0 Å². The number of rotatable bonds is 3. The van der Waals surface area contributed by atoms with E-state index in [9.17, 15) is 0 Å². The van der Waals surface area contributed by atoms with Gasteiger partial charge in [0, 0.05) is 48.2 Å². The van der Waals surface area contributed by atoms with Crippen molar-refractivity contribution in [2.45, 2.75) is 32.2 Å². The fourth-order valence-corrected chi connectivity index (χ4v) is 3.61. The van der Waals surface area contributed by atoms with Gasteiger partial charge in [0.05, 0.1) is 0 Å². The van der Waals surface area contributed by atoms with Crippen LogP contribution in [0.1, 0.15) is 30.5 Å². The van der Waals surface area contributed by atoms with Crippen LogP contribution in [0.15, 0.2) is 24.3 Å². The number of aromatic nitrogens is 1. The lowest BCUT2D eigenvalue weighted by Gasteiger charge is -2.19. The zero-order valence-electron chi connectivity index (χ0n) is 11.8. The first-order valence-electron chi connectivity index (χ1n) is 7.22. The highest BCUT2D eigenvalue weighted by molar-refractivity contribution is 5.85. The fraction of sp³-hybridized carbons (Fsp3) is 0.500. The largest absolute Gasteiger partial charge is 0.358 e. The third-order valence-electron chi connectivity index (χ3n) is 4.47. The molecule has 0 aliphatic carbocycles. The molecule has 0 bridgehead atoms. The van der Waals surface area contributed by atoms with Crippen molar-refractivity contribution in [1.82, 2.24) is 9.88 Å². The second kappa shape index (κ2) is 4.99. The van der Waals surface area contributed by atoms with Gasteiger partial charge in [0.15, 0.2) is 0 Å². The first-order chi connectivity index (χ1) is 9.20. The summed E-state index contributed by atoms with van der Waals surface area (Å²) in [5.41, 5.74) is 9.81. The minimum absolute atomic E-state index is 0.637. The van der Waals surface area contributed by atoms with E-state index in [1.807, 2.05) is 0 Å². The molecule has 1 aliphatic rings. The minimum Gasteiger partial charge on any atom is -0.358 e. The predicted molar refractivity (Wildman–Crippen MR) is 80.5 cm³/mol. The second-order valence-corrected chi connectivity index (χ2v) is 5.77. The van der Waals surface area contributed by atoms with Crippen molar-refractivity contribution in [2.24, 2.45) is 5.73 Å². The van der Waals surface area contributed by atoms with Gasteiger partial charge in [-0.1, -0.05) is 18.2 Å². The number of hydrogen-bond donors (Lipinski definition) is 2. The molecule has 0 amide bonds. The second-order valence-electron chi connectivity index (χ2n) is 5.77. The Labute approximate surface area is 114 Å². The zero-order valence-corrected chi connectivity index (χ0v) is 11.8. The predicted octanol–water partition coefficient (Wildman–Crippen LogP) is 2.61. The summed E-state index contributed by atoms with van der Waals surface area (Å²) in [4.78, 5) is 6.04. The van der Waals surface area contributed by atoms with Gasteiger partial charge in [0.1, 0.15) is 0 Å². The third-order valence-corrected chi connectivity index (χ3v) is 4.47. The van der Waals surface area contributed by atoms with Crippen molar-refractivity contribution in [2.75, 3.05) is 19.6 Å². The van der Waals surface area contributed by atoms with Crippen molar-refractivity contribution in [3.8, 4) is 0 Å². The van der Waals surface area contributed by atoms with E-state index in [2.05, 4.69) is 48.0 Å². The standard InChI is InChI=1S/C16H23N3/c1-11-9-13(10-19(11)8-7-17)16-12(2)18-15-6-4-3-5-14(15)16/h3-6,11,13,18H,7-10,17H2,1-2H3. The van der Waals surface area contributed by atoms with Crippen LogP contribution in [0.25, 0.3) is 10.9 Å². The average molecular weight is 257 g/mol. The summed E-state index contributed by atoms with van der Waals surface area (Å²) in [5.74, 6) is 0.637. The van der Waals surface area contributed by atoms with E-state index in [4.69, 9.17) is 5.73 Å². The molecule has 1 saturated heterocycles. The molecule has 3 rings (SSSR count). The van der Waals surface area contributed by atoms with Crippen molar-refractivity contribution in [3.63, 3.8) is 0 Å². The van der Waals surface area contributed by atoms with E-state index in [0.717, 1.165) is 19.6 Å². The van der Waals surface area contributed by atoms with Crippen LogP contribution in [0.4, 0.5) is 0 Å². The summed E-state index contributed by atoms with van der Waals surface area (Å²) in [5, 5.41) is 1.40. The number of nitrogens with one attached hydrogen (secondary N) is 1. The molecule has 1 aromatic heterocycles. The average Bonchev–Trinajstić information content (AvgIpc) is 2.90. The lowest BCUT2D eigenvalue weighted by atomic mass is 9.94. The van der Waals surface area contributed by atoms with Gasteiger partial charge >= 0.3 is 0 Å². The quantitative estimate of drug-likeness (QED) is 0.888. The SMILES string of the molecule is Cc1[nH]c2ccccc2c1C1CC(C)N(CCN)C1. The van der Waals surface area contributed by atoms with Gasteiger partial charge < -0.3 is 10.7 Å². The monoisotopic (exact) mass is 257 g/mol. The van der Waals surface area contributed by atoms with Crippen LogP contribution in [0, 0.1) is 6.92 Å². The van der Waals surface area contributed by atoms with Crippen LogP contribution in [-0.2, 0) is 0 Å². The lowest BCUT2D eigenvalue weighted by molar-refractivity contribution is 0.275. The van der Waals surface area contributed by atoms with Gasteiger partial charge in [0.2, 0.25) is 0 Å². The molecule has 1 fully saturated rings. The van der Waals surface area contributed by atoms with Crippen LogP contribution < -0.4 is 5.73 Å². The molecule has 0 spiro atoms. The van der Waals surface area contributed by atoms with Gasteiger partial charge in [-0.3, -0.25) is 4.90 Å².